The van der Waals surface area contributed by atoms with Gasteiger partial charge in [0, 0.05) is 0 Å². The van der Waals surface area contributed by atoms with Crippen molar-refractivity contribution in [2.24, 2.45) is 0 Å². The highest BCUT2D eigenvalue weighted by Gasteiger charge is 2.52. The topological polar surface area (TPSA) is 9.23 Å². The summed E-state index contributed by atoms with van der Waals surface area (Å²) in [4.78, 5) is 0. The van der Waals surface area contributed by atoms with Crippen LogP contribution < -0.4 is 0 Å². The van der Waals surface area contributed by atoms with Gasteiger partial charge in [-0.15, -0.1) is 23.2 Å². The second-order valence-corrected chi connectivity index (χ2v) is 21.1. The molecule has 0 N–H and O–H groups in total. The smallest absolute Gasteiger partial charge is 0.174 e. The molecule has 1 aliphatic heterocycles. The second kappa shape index (κ2) is 4.09. The third kappa shape index (κ3) is 2.22. The minimum absolute atomic E-state index is 0.221. The lowest BCUT2D eigenvalue weighted by atomic mass is 10.1. The molecule has 1 heterocycles. The van der Waals surface area contributed by atoms with E-state index in [0.717, 1.165) is 6.42 Å². The zero-order chi connectivity index (χ0) is 11.0. The third-order valence-electron chi connectivity index (χ3n) is 3.79. The van der Waals surface area contributed by atoms with Gasteiger partial charge in [-0.25, -0.2) is 0 Å². The maximum Gasteiger partial charge on any atom is 0.174 e. The van der Waals surface area contributed by atoms with Gasteiger partial charge in [-0.1, -0.05) is 19.1 Å². The summed E-state index contributed by atoms with van der Waals surface area (Å²) in [6.45, 7) is 9.52. The van der Waals surface area contributed by atoms with Gasteiger partial charge in [-0.3, -0.25) is 0 Å². The van der Waals surface area contributed by atoms with Crippen molar-refractivity contribution in [1.82, 2.24) is 0 Å². The van der Waals surface area contributed by atoms with E-state index in [1.165, 1.54) is 6.04 Å². The first-order chi connectivity index (χ1) is 6.29. The Balaban J connectivity index is 2.86. The number of hydrogen-bond donors (Lipinski definition) is 0. The molecule has 14 heavy (non-hydrogen) atoms. The van der Waals surface area contributed by atoms with Gasteiger partial charge in [-0.05, 0) is 19.5 Å². The summed E-state index contributed by atoms with van der Waals surface area (Å²) in [6, 6.07) is 1.31. The molecule has 0 atom stereocenters. The molecular weight excluding hydrogens is 251 g/mol. The highest BCUT2D eigenvalue weighted by Crippen LogP contribution is 2.40. The Hall–Kier alpha value is 0.974. The Morgan fingerprint density at radius 3 is 2.00 bits per heavy atom. The van der Waals surface area contributed by atoms with E-state index in [0.29, 0.717) is 11.8 Å². The fourth-order valence-electron chi connectivity index (χ4n) is 1.80. The number of alkyl halides is 2. The predicted molar refractivity (Wildman–Crippen MR) is 69.6 cm³/mol. The Kier molecular flexibility index (Phi) is 3.81. The van der Waals surface area contributed by atoms with E-state index in [1.54, 1.807) is 0 Å². The summed E-state index contributed by atoms with van der Waals surface area (Å²) in [7, 11) is -2.67. The molecule has 1 aliphatic rings. The molecule has 84 valence electrons. The number of hydrogen-bond acceptors (Lipinski definition) is 1. The lowest BCUT2D eigenvalue weighted by Crippen LogP contribution is -2.66. The molecule has 1 rings (SSSR count). The lowest BCUT2D eigenvalue weighted by molar-refractivity contribution is 0.101. The molecule has 0 unspecified atom stereocenters. The van der Waals surface area contributed by atoms with Crippen molar-refractivity contribution >= 4 is 38.6 Å². The standard InChI is InChI=1S/C9H20Cl2OSi2/c1-13(2)6-5-9(7-10,8-11)12-14(13,3)4/h5-8H2,1-4H3. The molecule has 0 radical (unpaired) electrons. The number of rotatable bonds is 2. The zero-order valence-electron chi connectivity index (χ0n) is 9.49. The quantitative estimate of drug-likeness (QED) is 0.550. The molecule has 0 saturated carbocycles. The van der Waals surface area contributed by atoms with Crippen LogP contribution in [0.25, 0.3) is 0 Å². The van der Waals surface area contributed by atoms with Crippen LogP contribution in [0.1, 0.15) is 6.42 Å². The zero-order valence-corrected chi connectivity index (χ0v) is 13.0. The molecule has 1 fully saturated rings. The highest BCUT2D eigenvalue weighted by atomic mass is 35.5. The fourth-order valence-corrected chi connectivity index (χ4v) is 9.59. The monoisotopic (exact) mass is 270 g/mol. The first kappa shape index (κ1) is 13.0. The molecule has 1 nitrogen and oxygen atoms in total. The van der Waals surface area contributed by atoms with Crippen molar-refractivity contribution in [2.75, 3.05) is 11.8 Å². The second-order valence-electron chi connectivity index (χ2n) is 5.45. The van der Waals surface area contributed by atoms with Gasteiger partial charge < -0.3 is 4.43 Å². The predicted octanol–water partition coefficient (Wildman–Crippen LogP) is 3.62. The molecule has 0 aromatic heterocycles. The van der Waals surface area contributed by atoms with E-state index < -0.39 is 15.4 Å². The van der Waals surface area contributed by atoms with Crippen molar-refractivity contribution in [3.8, 4) is 0 Å². The van der Waals surface area contributed by atoms with Crippen molar-refractivity contribution in [3.63, 3.8) is 0 Å². The van der Waals surface area contributed by atoms with Crippen LogP contribution in [0, 0.1) is 0 Å². The van der Waals surface area contributed by atoms with Gasteiger partial charge in [0.15, 0.2) is 7.83 Å². The van der Waals surface area contributed by atoms with Gasteiger partial charge in [0.05, 0.1) is 25.0 Å². The van der Waals surface area contributed by atoms with Crippen LogP contribution in [0.15, 0.2) is 0 Å². The van der Waals surface area contributed by atoms with Crippen molar-refractivity contribution in [1.29, 1.82) is 0 Å². The van der Waals surface area contributed by atoms with Crippen LogP contribution in [0.5, 0.6) is 0 Å². The van der Waals surface area contributed by atoms with E-state index in [1.807, 2.05) is 0 Å². The lowest BCUT2D eigenvalue weighted by Gasteiger charge is -2.50. The van der Waals surface area contributed by atoms with Crippen LogP contribution in [-0.2, 0) is 4.43 Å². The summed E-state index contributed by atoms with van der Waals surface area (Å²) in [5.74, 6) is 1.08. The average molecular weight is 271 g/mol. The molecule has 0 spiro atoms. The molecule has 5 heteroatoms. The first-order valence-electron chi connectivity index (χ1n) is 5.11. The minimum atomic E-state index is -1.53. The van der Waals surface area contributed by atoms with Gasteiger partial charge in [0.2, 0.25) is 0 Å². The fraction of sp³-hybridized carbons (Fsp3) is 1.00. The van der Waals surface area contributed by atoms with E-state index in [2.05, 4.69) is 26.2 Å². The maximum absolute atomic E-state index is 6.31. The summed E-state index contributed by atoms with van der Waals surface area (Å²) < 4.78 is 6.31. The van der Waals surface area contributed by atoms with Crippen LogP contribution in [0.2, 0.25) is 32.2 Å². The first-order valence-corrected chi connectivity index (χ1v) is 13.3. The normalized spacial score (nSPS) is 28.7. The van der Waals surface area contributed by atoms with Crippen molar-refractivity contribution in [2.45, 2.75) is 44.3 Å². The largest absolute Gasteiger partial charge is 0.412 e. The summed E-state index contributed by atoms with van der Waals surface area (Å²) >= 11 is 12.0. The minimum Gasteiger partial charge on any atom is -0.412 e. The Bertz CT molecular complexity index is 215. The van der Waals surface area contributed by atoms with Crippen LogP contribution in [0.4, 0.5) is 0 Å². The van der Waals surface area contributed by atoms with Gasteiger partial charge in [0.1, 0.15) is 0 Å². The molecular formula is C9H20Cl2OSi2. The van der Waals surface area contributed by atoms with E-state index >= 15 is 0 Å². The van der Waals surface area contributed by atoms with E-state index in [4.69, 9.17) is 27.6 Å². The molecule has 1 saturated heterocycles. The highest BCUT2D eigenvalue weighted by molar-refractivity contribution is 7.38. The van der Waals surface area contributed by atoms with Crippen LogP contribution in [-0.4, -0.2) is 32.8 Å². The van der Waals surface area contributed by atoms with E-state index in [9.17, 15) is 0 Å². The number of halogens is 2. The SMILES string of the molecule is C[Si]1(C)CCC(CCl)(CCl)O[Si]1(C)C. The van der Waals surface area contributed by atoms with Gasteiger partial charge in [-0.2, -0.15) is 0 Å². The molecule has 0 aromatic carbocycles. The van der Waals surface area contributed by atoms with Crippen LogP contribution >= 0.6 is 23.2 Å². The summed E-state index contributed by atoms with van der Waals surface area (Å²) in [5.41, 5.74) is -0.221. The van der Waals surface area contributed by atoms with Crippen molar-refractivity contribution < 1.29 is 4.43 Å². The Morgan fingerprint density at radius 1 is 1.14 bits per heavy atom. The maximum atomic E-state index is 6.31. The Labute approximate surface area is 99.0 Å². The van der Waals surface area contributed by atoms with E-state index in [-0.39, 0.29) is 5.60 Å². The van der Waals surface area contributed by atoms with Gasteiger partial charge in [0.25, 0.3) is 0 Å². The van der Waals surface area contributed by atoms with Gasteiger partial charge >= 0.3 is 0 Å². The Morgan fingerprint density at radius 2 is 1.64 bits per heavy atom. The molecule has 0 bridgehead atoms. The summed E-state index contributed by atoms with van der Waals surface area (Å²) in [5, 5.41) is 0. The average Bonchev–Trinajstić information content (AvgIpc) is 2.10. The van der Waals surface area contributed by atoms with Crippen molar-refractivity contribution in [3.05, 3.63) is 0 Å². The third-order valence-corrected chi connectivity index (χ3v) is 21.3. The molecule has 0 aliphatic carbocycles. The summed E-state index contributed by atoms with van der Waals surface area (Å²) in [6.07, 6.45) is 1.05. The van der Waals surface area contributed by atoms with Crippen LogP contribution in [0.3, 0.4) is 0 Å². The molecule has 0 aromatic rings. The molecule has 0 amide bonds.